The number of hydrogen-bond acceptors (Lipinski definition) is 6. The topological polar surface area (TPSA) is 129 Å². The van der Waals surface area contributed by atoms with E-state index in [2.05, 4.69) is 11.8 Å². The Hall–Kier alpha value is -3.13. The fourth-order valence-electron chi connectivity index (χ4n) is 4.14. The SMILES string of the molecule is C[C@@](CCN1Cc2cc(C#Cc3ccc(C4(CO)CC4)cc3)cn2C1=O)(C(=O)NO)S(C)(=O)=O. The van der Waals surface area contributed by atoms with E-state index in [0.717, 1.165) is 35.9 Å². The number of benzene rings is 1. The quantitative estimate of drug-likeness (QED) is 0.309. The minimum absolute atomic E-state index is 0.0280. The molecule has 0 radical (unpaired) electrons. The molecule has 34 heavy (non-hydrogen) atoms. The molecular formula is C24H27N3O6S. The number of rotatable bonds is 7. The number of aliphatic hydroxyl groups is 1. The summed E-state index contributed by atoms with van der Waals surface area (Å²) < 4.78 is 23.8. The van der Waals surface area contributed by atoms with Gasteiger partial charge in [0.1, 0.15) is 0 Å². The second-order valence-corrected chi connectivity index (χ2v) is 11.7. The van der Waals surface area contributed by atoms with Gasteiger partial charge in [0.15, 0.2) is 14.6 Å². The molecule has 180 valence electrons. The van der Waals surface area contributed by atoms with E-state index >= 15 is 0 Å². The fourth-order valence-corrected chi connectivity index (χ4v) is 4.99. The van der Waals surface area contributed by atoms with E-state index in [1.54, 1.807) is 12.3 Å². The molecule has 1 atom stereocenters. The van der Waals surface area contributed by atoms with Crippen molar-refractivity contribution in [2.24, 2.45) is 0 Å². The fraction of sp³-hybridized carbons (Fsp3) is 0.417. The van der Waals surface area contributed by atoms with Gasteiger partial charge in [0.2, 0.25) is 0 Å². The molecule has 2 heterocycles. The largest absolute Gasteiger partial charge is 0.395 e. The Bertz CT molecular complexity index is 1300. The summed E-state index contributed by atoms with van der Waals surface area (Å²) in [6.45, 7) is 1.67. The third kappa shape index (κ3) is 4.22. The average molecular weight is 486 g/mol. The number of aromatic nitrogens is 1. The molecule has 1 aromatic carbocycles. The van der Waals surface area contributed by atoms with Crippen LogP contribution >= 0.6 is 0 Å². The summed E-state index contributed by atoms with van der Waals surface area (Å²) >= 11 is 0. The molecule has 9 nitrogen and oxygen atoms in total. The molecule has 2 amide bonds. The Balaban J connectivity index is 1.42. The Morgan fingerprint density at radius 3 is 2.38 bits per heavy atom. The van der Waals surface area contributed by atoms with Gasteiger partial charge in [0.05, 0.1) is 13.2 Å². The van der Waals surface area contributed by atoms with Crippen molar-refractivity contribution in [3.05, 3.63) is 58.9 Å². The molecule has 0 bridgehead atoms. The molecule has 0 unspecified atom stereocenters. The molecule has 1 saturated carbocycles. The molecule has 1 aromatic heterocycles. The lowest BCUT2D eigenvalue weighted by molar-refractivity contribution is -0.131. The molecule has 4 rings (SSSR count). The van der Waals surface area contributed by atoms with Gasteiger partial charge >= 0.3 is 6.03 Å². The van der Waals surface area contributed by atoms with Gasteiger partial charge in [-0.3, -0.25) is 14.6 Å². The number of carbonyl (C=O) groups excluding carboxylic acids is 2. The van der Waals surface area contributed by atoms with E-state index in [1.807, 2.05) is 24.3 Å². The molecule has 2 aromatic rings. The van der Waals surface area contributed by atoms with Crippen molar-refractivity contribution in [3.8, 4) is 11.8 Å². The summed E-state index contributed by atoms with van der Waals surface area (Å²) in [5.74, 6) is 5.12. The zero-order valence-electron chi connectivity index (χ0n) is 19.0. The van der Waals surface area contributed by atoms with Gasteiger partial charge in [-0.2, -0.15) is 0 Å². The summed E-state index contributed by atoms with van der Waals surface area (Å²) in [6.07, 6.45) is 4.40. The number of nitrogens with zero attached hydrogens (tertiary/aromatic N) is 2. The normalized spacial score (nSPS) is 18.0. The third-order valence-electron chi connectivity index (χ3n) is 6.99. The van der Waals surface area contributed by atoms with Gasteiger partial charge in [-0.25, -0.2) is 18.7 Å². The first-order valence-corrected chi connectivity index (χ1v) is 12.8. The van der Waals surface area contributed by atoms with Crippen LogP contribution in [0.5, 0.6) is 0 Å². The molecule has 2 aliphatic rings. The van der Waals surface area contributed by atoms with Crippen molar-refractivity contribution in [1.29, 1.82) is 0 Å². The smallest absolute Gasteiger partial charge is 0.328 e. The highest BCUT2D eigenvalue weighted by molar-refractivity contribution is 7.92. The number of hydrogen-bond donors (Lipinski definition) is 3. The summed E-state index contributed by atoms with van der Waals surface area (Å²) in [6, 6.07) is 9.32. The molecule has 3 N–H and O–H groups in total. The second kappa shape index (κ2) is 8.58. The van der Waals surface area contributed by atoms with Gasteiger partial charge in [-0.1, -0.05) is 24.0 Å². The lowest BCUT2D eigenvalue weighted by atomic mass is 9.96. The Labute approximate surface area is 198 Å². The lowest BCUT2D eigenvalue weighted by Gasteiger charge is -2.27. The van der Waals surface area contributed by atoms with Crippen LogP contribution in [0, 0.1) is 11.8 Å². The van der Waals surface area contributed by atoms with Gasteiger partial charge in [-0.15, -0.1) is 0 Å². The average Bonchev–Trinajstić information content (AvgIpc) is 3.43. The van der Waals surface area contributed by atoms with Crippen molar-refractivity contribution in [2.75, 3.05) is 19.4 Å². The van der Waals surface area contributed by atoms with E-state index in [-0.39, 0.29) is 37.6 Å². The molecule has 10 heteroatoms. The summed E-state index contributed by atoms with van der Waals surface area (Å²) in [5.41, 5.74) is 4.68. The predicted molar refractivity (Wildman–Crippen MR) is 124 cm³/mol. The van der Waals surface area contributed by atoms with Gasteiger partial charge in [0.25, 0.3) is 5.91 Å². The number of aliphatic hydroxyl groups excluding tert-OH is 1. The van der Waals surface area contributed by atoms with Crippen LogP contribution in [0.2, 0.25) is 0 Å². The van der Waals surface area contributed by atoms with Crippen LogP contribution in [0.1, 0.15) is 48.6 Å². The molecule has 0 spiro atoms. The van der Waals surface area contributed by atoms with Crippen LogP contribution in [0.25, 0.3) is 0 Å². The van der Waals surface area contributed by atoms with Crippen molar-refractivity contribution >= 4 is 21.8 Å². The highest BCUT2D eigenvalue weighted by Crippen LogP contribution is 2.47. The maximum atomic E-state index is 12.8. The van der Waals surface area contributed by atoms with Crippen LogP contribution in [-0.4, -0.2) is 64.3 Å². The highest BCUT2D eigenvalue weighted by atomic mass is 32.2. The van der Waals surface area contributed by atoms with Crippen molar-refractivity contribution in [3.63, 3.8) is 0 Å². The molecular weight excluding hydrogens is 458 g/mol. The third-order valence-corrected chi connectivity index (χ3v) is 9.02. The van der Waals surface area contributed by atoms with Crippen LogP contribution in [-0.2, 0) is 26.6 Å². The maximum absolute atomic E-state index is 12.8. The predicted octanol–water partition coefficient (Wildman–Crippen LogP) is 1.39. The Morgan fingerprint density at radius 2 is 1.85 bits per heavy atom. The van der Waals surface area contributed by atoms with Crippen LogP contribution in [0.4, 0.5) is 4.79 Å². The first kappa shape index (κ1) is 24.0. The van der Waals surface area contributed by atoms with Crippen LogP contribution < -0.4 is 5.48 Å². The van der Waals surface area contributed by atoms with E-state index < -0.39 is 20.5 Å². The maximum Gasteiger partial charge on any atom is 0.328 e. The van der Waals surface area contributed by atoms with Crippen molar-refractivity contribution < 1.29 is 28.3 Å². The summed E-state index contributed by atoms with van der Waals surface area (Å²) in [7, 11) is -3.84. The number of hydroxylamine groups is 1. The van der Waals surface area contributed by atoms with E-state index in [9.17, 15) is 23.1 Å². The monoisotopic (exact) mass is 485 g/mol. The van der Waals surface area contributed by atoms with Crippen molar-refractivity contribution in [1.82, 2.24) is 14.9 Å². The van der Waals surface area contributed by atoms with Crippen LogP contribution in [0.15, 0.2) is 36.5 Å². The van der Waals surface area contributed by atoms with E-state index in [4.69, 9.17) is 5.21 Å². The minimum Gasteiger partial charge on any atom is -0.395 e. The summed E-state index contributed by atoms with van der Waals surface area (Å²) in [5, 5.41) is 18.5. The van der Waals surface area contributed by atoms with Crippen LogP contribution in [0.3, 0.4) is 0 Å². The number of fused-ring (bicyclic) bond motifs is 1. The highest BCUT2D eigenvalue weighted by Gasteiger charge is 2.45. The number of sulfone groups is 1. The molecule has 0 saturated heterocycles. The zero-order chi connectivity index (χ0) is 24.7. The van der Waals surface area contributed by atoms with Gasteiger partial charge in [0, 0.05) is 41.2 Å². The minimum atomic E-state index is -3.84. The number of carbonyl (C=O) groups is 2. The first-order valence-electron chi connectivity index (χ1n) is 10.9. The second-order valence-electron chi connectivity index (χ2n) is 9.25. The lowest BCUT2D eigenvalue weighted by Crippen LogP contribution is -2.50. The Kier molecular flexibility index (Phi) is 6.06. The molecule has 1 aliphatic carbocycles. The first-order chi connectivity index (χ1) is 16.0. The number of amides is 2. The van der Waals surface area contributed by atoms with E-state index in [1.165, 1.54) is 21.9 Å². The van der Waals surface area contributed by atoms with Gasteiger partial charge < -0.3 is 10.0 Å². The standard InChI is InChI=1S/C24H27N3O6S/c1-23(21(29)25-31,34(2,32)33)11-12-26-15-20-13-18(14-27(20)22(26)30)4-3-17-5-7-19(8-6-17)24(16-28)9-10-24/h5-8,13-14,28,31H,9-12,15-16H2,1-2H3,(H,25,29)/t23-/m1/s1. The zero-order valence-corrected chi connectivity index (χ0v) is 19.9. The summed E-state index contributed by atoms with van der Waals surface area (Å²) in [4.78, 5) is 26.2. The van der Waals surface area contributed by atoms with Gasteiger partial charge in [-0.05, 0) is 49.9 Å². The molecule has 1 fully saturated rings. The molecule has 1 aliphatic heterocycles. The number of nitrogens with one attached hydrogen (secondary N) is 1. The van der Waals surface area contributed by atoms with E-state index in [0.29, 0.717) is 5.56 Å². The Morgan fingerprint density at radius 1 is 1.21 bits per heavy atom. The van der Waals surface area contributed by atoms with Crippen molar-refractivity contribution in [2.45, 2.75) is 42.9 Å².